The highest BCUT2D eigenvalue weighted by Gasteiger charge is 2.67. The van der Waals surface area contributed by atoms with E-state index in [1.807, 2.05) is 6.92 Å². The van der Waals surface area contributed by atoms with Crippen LogP contribution in [0, 0.1) is 5.92 Å². The summed E-state index contributed by atoms with van der Waals surface area (Å²) in [4.78, 5) is 12.3. The Kier molecular flexibility index (Phi) is 6.77. The summed E-state index contributed by atoms with van der Waals surface area (Å²) in [6, 6.07) is 0.445. The molecular weight excluding hydrogens is 382 g/mol. The zero-order valence-electron chi connectivity index (χ0n) is 17.4. The lowest BCUT2D eigenvalue weighted by Gasteiger charge is -2.48. The molecule has 1 heterocycles. The summed E-state index contributed by atoms with van der Waals surface area (Å²) in [5.41, 5.74) is -0.452. The zero-order valence-corrected chi connectivity index (χ0v) is 18.1. The van der Waals surface area contributed by atoms with Crippen LogP contribution < -0.4 is 5.32 Å². The van der Waals surface area contributed by atoms with E-state index in [0.29, 0.717) is 18.9 Å². The molecular formula is C21H34ClNO5. The molecule has 6 atom stereocenters. The van der Waals surface area contributed by atoms with Crippen LogP contribution in [0.1, 0.15) is 52.9 Å². The van der Waals surface area contributed by atoms with E-state index in [9.17, 15) is 9.90 Å². The maximum absolute atomic E-state index is 12.3. The van der Waals surface area contributed by atoms with Gasteiger partial charge in [-0.2, -0.15) is 0 Å². The Morgan fingerprint density at radius 1 is 1.36 bits per heavy atom. The molecule has 0 amide bonds. The largest absolute Gasteiger partial charge is 0.459 e. The van der Waals surface area contributed by atoms with Crippen molar-refractivity contribution in [3.05, 3.63) is 11.6 Å². The smallest absolute Gasteiger partial charge is 0.320 e. The molecule has 1 aliphatic heterocycles. The monoisotopic (exact) mass is 415 g/mol. The van der Waals surface area contributed by atoms with Crippen LogP contribution in [0.25, 0.3) is 0 Å². The lowest BCUT2D eigenvalue weighted by molar-refractivity contribution is -0.192. The maximum atomic E-state index is 12.3. The first-order valence-electron chi connectivity index (χ1n) is 10.3. The van der Waals surface area contributed by atoms with E-state index in [1.54, 1.807) is 7.11 Å². The highest BCUT2D eigenvalue weighted by Crippen LogP contribution is 2.54. The second-order valence-corrected chi connectivity index (χ2v) is 9.21. The normalized spacial score (nSPS) is 40.1. The van der Waals surface area contributed by atoms with E-state index in [2.05, 4.69) is 25.2 Å². The summed E-state index contributed by atoms with van der Waals surface area (Å²) < 4.78 is 17.6. The fourth-order valence-electron chi connectivity index (χ4n) is 4.55. The van der Waals surface area contributed by atoms with Crippen LogP contribution in [0.5, 0.6) is 0 Å². The van der Waals surface area contributed by atoms with Crippen LogP contribution in [-0.2, 0) is 19.0 Å². The molecule has 3 fully saturated rings. The average Bonchev–Trinajstić information content (AvgIpc) is 3.57. The molecule has 2 N–H and O–H groups in total. The minimum atomic E-state index is -1.12. The van der Waals surface area contributed by atoms with E-state index in [1.165, 1.54) is 5.57 Å². The molecule has 3 rings (SSSR count). The third kappa shape index (κ3) is 4.73. The lowest BCUT2D eigenvalue weighted by Crippen LogP contribution is -2.61. The molecule has 6 nitrogen and oxygen atoms in total. The van der Waals surface area contributed by atoms with Gasteiger partial charge in [0.2, 0.25) is 0 Å². The van der Waals surface area contributed by atoms with Crippen molar-refractivity contribution in [2.45, 2.75) is 88.4 Å². The van der Waals surface area contributed by atoms with Crippen molar-refractivity contribution >= 4 is 17.6 Å². The predicted octanol–water partition coefficient (Wildman–Crippen LogP) is 2.56. The first-order chi connectivity index (χ1) is 13.2. The van der Waals surface area contributed by atoms with Gasteiger partial charge >= 0.3 is 5.97 Å². The van der Waals surface area contributed by atoms with Gasteiger partial charge in [0.1, 0.15) is 17.8 Å². The number of carbonyl (C=O) groups is 1. The molecule has 1 saturated heterocycles. The van der Waals surface area contributed by atoms with Crippen molar-refractivity contribution in [1.82, 2.24) is 5.32 Å². The summed E-state index contributed by atoms with van der Waals surface area (Å²) in [5, 5.41) is 14.5. The number of halogens is 1. The number of methoxy groups -OCH3 is 1. The highest BCUT2D eigenvalue weighted by atomic mass is 35.5. The molecule has 3 unspecified atom stereocenters. The Morgan fingerprint density at radius 3 is 2.64 bits per heavy atom. The van der Waals surface area contributed by atoms with Crippen molar-refractivity contribution in [2.75, 3.05) is 19.5 Å². The Morgan fingerprint density at radius 2 is 2.07 bits per heavy atom. The molecule has 2 saturated carbocycles. The van der Waals surface area contributed by atoms with Gasteiger partial charge in [0.15, 0.2) is 0 Å². The Labute approximate surface area is 172 Å². The number of ether oxygens (including phenoxy) is 3. The summed E-state index contributed by atoms with van der Waals surface area (Å²) in [7, 11) is 1.60. The van der Waals surface area contributed by atoms with Gasteiger partial charge in [-0.3, -0.25) is 4.79 Å². The maximum Gasteiger partial charge on any atom is 0.320 e. The van der Waals surface area contributed by atoms with Gasteiger partial charge in [-0.15, -0.1) is 11.6 Å². The third-order valence-electron chi connectivity index (χ3n) is 6.37. The van der Waals surface area contributed by atoms with Gasteiger partial charge < -0.3 is 24.6 Å². The third-order valence-corrected chi connectivity index (χ3v) is 6.83. The minimum Gasteiger partial charge on any atom is -0.459 e. The molecule has 160 valence electrons. The number of allylic oxidation sites excluding steroid dienone is 1. The number of hydrogen-bond donors (Lipinski definition) is 2. The molecule has 0 aromatic rings. The summed E-state index contributed by atoms with van der Waals surface area (Å²) >= 11 is 6.20. The fraction of sp³-hybridized carbons (Fsp3) is 0.857. The Bertz CT molecular complexity index is 606. The molecule has 0 aromatic heterocycles. The number of carbonyl (C=O) groups excluding carboxylic acids is 1. The van der Waals surface area contributed by atoms with Gasteiger partial charge in [0, 0.05) is 13.2 Å². The number of esters is 1. The quantitative estimate of drug-likeness (QED) is 0.261. The lowest BCUT2D eigenvalue weighted by atomic mass is 9.66. The molecule has 3 aliphatic rings. The van der Waals surface area contributed by atoms with Gasteiger partial charge in [0.05, 0.1) is 30.0 Å². The molecule has 0 spiro atoms. The number of hydrogen-bond acceptors (Lipinski definition) is 6. The van der Waals surface area contributed by atoms with Crippen LogP contribution in [0.2, 0.25) is 0 Å². The minimum absolute atomic E-state index is 0.00854. The van der Waals surface area contributed by atoms with Crippen molar-refractivity contribution in [2.24, 2.45) is 5.92 Å². The predicted molar refractivity (Wildman–Crippen MR) is 107 cm³/mol. The molecule has 0 aromatic carbocycles. The molecule has 0 radical (unpaired) electrons. The van der Waals surface area contributed by atoms with Gasteiger partial charge in [0.25, 0.3) is 0 Å². The van der Waals surface area contributed by atoms with Crippen molar-refractivity contribution in [3.8, 4) is 0 Å². The second kappa shape index (κ2) is 8.60. The van der Waals surface area contributed by atoms with Crippen LogP contribution in [-0.4, -0.2) is 66.2 Å². The highest BCUT2D eigenvalue weighted by molar-refractivity contribution is 6.18. The van der Waals surface area contributed by atoms with Crippen LogP contribution >= 0.6 is 11.6 Å². The number of nitrogens with one attached hydrogen (secondary N) is 1. The number of aliphatic hydroxyl groups is 1. The number of rotatable bonds is 9. The number of alkyl halides is 1. The average molecular weight is 416 g/mol. The summed E-state index contributed by atoms with van der Waals surface area (Å²) in [5.74, 6) is -0.562. The van der Waals surface area contributed by atoms with E-state index >= 15 is 0 Å². The van der Waals surface area contributed by atoms with Gasteiger partial charge in [-0.05, 0) is 52.9 Å². The van der Waals surface area contributed by atoms with E-state index in [4.69, 9.17) is 25.8 Å². The van der Waals surface area contributed by atoms with Crippen molar-refractivity contribution < 1.29 is 24.1 Å². The van der Waals surface area contributed by atoms with Crippen LogP contribution in [0.15, 0.2) is 11.6 Å². The first kappa shape index (κ1) is 22.0. The van der Waals surface area contributed by atoms with Gasteiger partial charge in [-0.25, -0.2) is 0 Å². The fourth-order valence-corrected chi connectivity index (χ4v) is 4.85. The SMILES string of the molecule is CO[C@@H]1C(OC(=O)CNC2CC2)CC[C@](O)(CCl)[C@H]1C1(C)OC1CC=C(C)C. The van der Waals surface area contributed by atoms with E-state index in [-0.39, 0.29) is 30.4 Å². The molecule has 7 heteroatoms. The van der Waals surface area contributed by atoms with Crippen LogP contribution in [0.4, 0.5) is 0 Å². The molecule has 2 aliphatic carbocycles. The Hall–Kier alpha value is -0.660. The zero-order chi connectivity index (χ0) is 20.5. The van der Waals surface area contributed by atoms with Crippen molar-refractivity contribution in [3.63, 3.8) is 0 Å². The van der Waals surface area contributed by atoms with E-state index in [0.717, 1.165) is 19.3 Å². The second-order valence-electron chi connectivity index (χ2n) is 8.94. The van der Waals surface area contributed by atoms with Gasteiger partial charge in [-0.1, -0.05) is 11.6 Å². The Balaban J connectivity index is 1.72. The topological polar surface area (TPSA) is 80.3 Å². The molecule has 0 bridgehead atoms. The van der Waals surface area contributed by atoms with Crippen LogP contribution in [0.3, 0.4) is 0 Å². The first-order valence-corrected chi connectivity index (χ1v) is 10.8. The standard InChI is InChI=1S/C21H34ClNO5/c1-13(2)5-8-16-20(3,28-16)19-18(26-4)15(9-10-21(19,25)12-22)27-17(24)11-23-14-6-7-14/h5,14-16,18-19,23,25H,6-12H2,1-4H3/t15?,16?,18-,19-,20?,21+/m1/s1. The summed E-state index contributed by atoms with van der Waals surface area (Å²) in [6.45, 7) is 6.32. The summed E-state index contributed by atoms with van der Waals surface area (Å²) in [6.07, 6.45) is 5.22. The molecule has 28 heavy (non-hydrogen) atoms. The van der Waals surface area contributed by atoms with E-state index < -0.39 is 23.4 Å². The van der Waals surface area contributed by atoms with Crippen molar-refractivity contribution in [1.29, 1.82) is 0 Å². The number of epoxide rings is 1.